The molecule has 0 saturated carbocycles. The van der Waals surface area contributed by atoms with Gasteiger partial charge in [0.2, 0.25) is 0 Å². The van der Waals surface area contributed by atoms with Crippen LogP contribution in [0.25, 0.3) is 0 Å². The van der Waals surface area contributed by atoms with E-state index in [4.69, 9.17) is 5.73 Å². The Kier molecular flexibility index (Phi) is 5.31. The van der Waals surface area contributed by atoms with Crippen LogP contribution in [0.2, 0.25) is 0 Å². The second-order valence-corrected chi connectivity index (χ2v) is 6.29. The van der Waals surface area contributed by atoms with E-state index in [0.717, 1.165) is 16.2 Å². The molecule has 0 amide bonds. The molecule has 0 radical (unpaired) electrons. The van der Waals surface area contributed by atoms with E-state index in [2.05, 4.69) is 13.0 Å². The van der Waals surface area contributed by atoms with E-state index in [9.17, 15) is 4.39 Å². The van der Waals surface area contributed by atoms with Crippen LogP contribution in [0.5, 0.6) is 0 Å². The zero-order valence-corrected chi connectivity index (χ0v) is 12.4. The zero-order valence-electron chi connectivity index (χ0n) is 10.7. The lowest BCUT2D eigenvalue weighted by Crippen LogP contribution is -2.01. The highest BCUT2D eigenvalue weighted by atomic mass is 32.2. The van der Waals surface area contributed by atoms with Gasteiger partial charge in [-0.15, -0.1) is 11.8 Å². The van der Waals surface area contributed by atoms with Crippen LogP contribution in [0.1, 0.15) is 12.5 Å². The fraction of sp³-hybridized carbons (Fsp3) is 0.200. The summed E-state index contributed by atoms with van der Waals surface area (Å²) >= 11 is 3.21. The third-order valence-electron chi connectivity index (χ3n) is 2.65. The first-order valence-electron chi connectivity index (χ1n) is 6.13. The predicted molar refractivity (Wildman–Crippen MR) is 81.3 cm³/mol. The first-order chi connectivity index (χ1) is 9.26. The number of hydrogen-bond donors (Lipinski definition) is 1. The number of hydrogen-bond acceptors (Lipinski definition) is 3. The van der Waals surface area contributed by atoms with Gasteiger partial charge in [-0.2, -0.15) is 0 Å². The van der Waals surface area contributed by atoms with Crippen LogP contribution in [-0.2, 0) is 6.54 Å². The van der Waals surface area contributed by atoms with Crippen LogP contribution >= 0.6 is 23.5 Å². The Morgan fingerprint density at radius 1 is 1.00 bits per heavy atom. The van der Waals surface area contributed by atoms with E-state index in [1.807, 2.05) is 18.2 Å². The van der Waals surface area contributed by atoms with Crippen LogP contribution in [-0.4, -0.2) is 5.75 Å². The summed E-state index contributed by atoms with van der Waals surface area (Å²) in [6.07, 6.45) is 0. The number of benzene rings is 2. The molecule has 0 aliphatic carbocycles. The largest absolute Gasteiger partial charge is 0.326 e. The van der Waals surface area contributed by atoms with Gasteiger partial charge < -0.3 is 5.73 Å². The minimum Gasteiger partial charge on any atom is -0.326 e. The van der Waals surface area contributed by atoms with E-state index in [0.29, 0.717) is 11.4 Å². The maximum absolute atomic E-state index is 13.7. The highest BCUT2D eigenvalue weighted by Crippen LogP contribution is 2.36. The Hall–Kier alpha value is -0.970. The summed E-state index contributed by atoms with van der Waals surface area (Å²) < 4.78 is 13.7. The first kappa shape index (κ1) is 14.4. The van der Waals surface area contributed by atoms with Crippen LogP contribution in [0.15, 0.2) is 57.2 Å². The molecule has 2 rings (SSSR count). The fourth-order valence-corrected chi connectivity index (χ4v) is 3.71. The molecule has 0 aliphatic heterocycles. The van der Waals surface area contributed by atoms with Gasteiger partial charge in [0.05, 0.1) is 0 Å². The van der Waals surface area contributed by atoms with Gasteiger partial charge in [0.1, 0.15) is 5.82 Å². The van der Waals surface area contributed by atoms with Crippen molar-refractivity contribution in [1.29, 1.82) is 0 Å². The lowest BCUT2D eigenvalue weighted by molar-refractivity contribution is 0.602. The summed E-state index contributed by atoms with van der Waals surface area (Å²) in [5.74, 6) is 0.810. The van der Waals surface area contributed by atoms with Gasteiger partial charge in [-0.1, -0.05) is 36.9 Å². The molecule has 0 aromatic heterocycles. The number of nitrogens with two attached hydrogens (primary N) is 1. The van der Waals surface area contributed by atoms with E-state index in [1.54, 1.807) is 23.9 Å². The Morgan fingerprint density at radius 3 is 2.37 bits per heavy atom. The van der Waals surface area contributed by atoms with Crippen LogP contribution < -0.4 is 5.73 Å². The van der Waals surface area contributed by atoms with Crippen molar-refractivity contribution in [1.82, 2.24) is 0 Å². The fourth-order valence-electron chi connectivity index (χ4n) is 1.78. The zero-order chi connectivity index (χ0) is 13.7. The molecule has 100 valence electrons. The van der Waals surface area contributed by atoms with Gasteiger partial charge in [0.25, 0.3) is 0 Å². The SMILES string of the molecule is CCSc1cccc(Sc2ccccc2F)c1CN. The summed E-state index contributed by atoms with van der Waals surface area (Å²) in [7, 11) is 0. The predicted octanol–water partition coefficient (Wildman–Crippen LogP) is 4.55. The Morgan fingerprint density at radius 2 is 1.68 bits per heavy atom. The van der Waals surface area contributed by atoms with Gasteiger partial charge >= 0.3 is 0 Å². The summed E-state index contributed by atoms with van der Waals surface area (Å²) in [6.45, 7) is 2.58. The minimum atomic E-state index is -0.191. The van der Waals surface area contributed by atoms with Crippen molar-refractivity contribution in [2.24, 2.45) is 5.73 Å². The average molecular weight is 293 g/mol. The summed E-state index contributed by atoms with van der Waals surface area (Å²) in [5.41, 5.74) is 6.95. The molecule has 0 saturated heterocycles. The molecule has 2 aromatic rings. The number of thioether (sulfide) groups is 1. The smallest absolute Gasteiger partial charge is 0.137 e. The number of halogens is 1. The van der Waals surface area contributed by atoms with Crippen molar-refractivity contribution in [3.05, 3.63) is 53.8 Å². The highest BCUT2D eigenvalue weighted by Gasteiger charge is 2.10. The van der Waals surface area contributed by atoms with E-state index in [1.165, 1.54) is 22.7 Å². The summed E-state index contributed by atoms with van der Waals surface area (Å²) in [6, 6.07) is 12.9. The van der Waals surface area contributed by atoms with E-state index >= 15 is 0 Å². The lowest BCUT2D eigenvalue weighted by atomic mass is 10.2. The third-order valence-corrected chi connectivity index (χ3v) is 4.79. The summed E-state index contributed by atoms with van der Waals surface area (Å²) in [5, 5.41) is 0. The minimum absolute atomic E-state index is 0.191. The molecular weight excluding hydrogens is 277 g/mol. The molecule has 0 unspecified atom stereocenters. The average Bonchev–Trinajstić information content (AvgIpc) is 2.42. The topological polar surface area (TPSA) is 26.0 Å². The van der Waals surface area contributed by atoms with Gasteiger partial charge in [-0.3, -0.25) is 0 Å². The second kappa shape index (κ2) is 6.98. The first-order valence-corrected chi connectivity index (χ1v) is 7.93. The number of rotatable bonds is 5. The van der Waals surface area contributed by atoms with Crippen molar-refractivity contribution in [2.45, 2.75) is 28.2 Å². The van der Waals surface area contributed by atoms with Gasteiger partial charge in [0.15, 0.2) is 0 Å². The molecular formula is C15H16FNS2. The van der Waals surface area contributed by atoms with Gasteiger partial charge in [-0.05, 0) is 35.6 Å². The van der Waals surface area contributed by atoms with Crippen molar-refractivity contribution in [3.8, 4) is 0 Å². The van der Waals surface area contributed by atoms with Crippen LogP contribution in [0, 0.1) is 5.82 Å². The van der Waals surface area contributed by atoms with Crippen molar-refractivity contribution >= 4 is 23.5 Å². The third kappa shape index (κ3) is 3.53. The normalized spacial score (nSPS) is 10.7. The van der Waals surface area contributed by atoms with Crippen molar-refractivity contribution in [3.63, 3.8) is 0 Å². The molecule has 0 aliphatic rings. The quantitative estimate of drug-likeness (QED) is 0.819. The summed E-state index contributed by atoms with van der Waals surface area (Å²) in [4.78, 5) is 2.85. The van der Waals surface area contributed by atoms with E-state index < -0.39 is 0 Å². The standard InChI is InChI=1S/C15H16FNS2/c1-2-18-13-8-5-9-14(11(13)10-17)19-15-7-4-3-6-12(15)16/h3-9H,2,10,17H2,1H3. The lowest BCUT2D eigenvalue weighted by Gasteiger charge is -2.12. The highest BCUT2D eigenvalue weighted by molar-refractivity contribution is 8.00. The Balaban J connectivity index is 2.35. The maximum Gasteiger partial charge on any atom is 0.137 e. The van der Waals surface area contributed by atoms with E-state index in [-0.39, 0.29) is 5.82 Å². The van der Waals surface area contributed by atoms with Crippen molar-refractivity contribution in [2.75, 3.05) is 5.75 Å². The molecule has 0 spiro atoms. The molecule has 2 aromatic carbocycles. The van der Waals surface area contributed by atoms with Crippen LogP contribution in [0.3, 0.4) is 0 Å². The molecule has 0 bridgehead atoms. The second-order valence-electron chi connectivity index (χ2n) is 3.90. The maximum atomic E-state index is 13.7. The van der Waals surface area contributed by atoms with Crippen molar-refractivity contribution < 1.29 is 4.39 Å². The van der Waals surface area contributed by atoms with Gasteiger partial charge in [0, 0.05) is 21.2 Å². The molecule has 0 heterocycles. The molecule has 19 heavy (non-hydrogen) atoms. The van der Waals surface area contributed by atoms with Gasteiger partial charge in [-0.25, -0.2) is 4.39 Å². The molecule has 0 atom stereocenters. The molecule has 0 fully saturated rings. The Labute approximate surface area is 121 Å². The monoisotopic (exact) mass is 293 g/mol. The van der Waals surface area contributed by atoms with Crippen LogP contribution in [0.4, 0.5) is 4.39 Å². The molecule has 2 N–H and O–H groups in total. The molecule has 1 nitrogen and oxygen atoms in total. The Bertz CT molecular complexity index is 558. The molecule has 4 heteroatoms.